The molecule has 2 heterocycles. The third kappa shape index (κ3) is 4.78. The number of hydroxylamine groups is 1. The van der Waals surface area contributed by atoms with Crippen LogP contribution in [-0.4, -0.2) is 26.9 Å². The van der Waals surface area contributed by atoms with Crippen molar-refractivity contribution in [3.05, 3.63) is 28.7 Å². The number of Topliss-reactive ketones (excluding diaryl/α,β-unsaturated/α-hetero) is 1. The van der Waals surface area contributed by atoms with Crippen molar-refractivity contribution in [3.8, 4) is 10.0 Å². The fourth-order valence-electron chi connectivity index (χ4n) is 2.01. The molecule has 0 aromatic carbocycles. The molecule has 0 saturated heterocycles. The Kier molecular flexibility index (Phi) is 6.57. The molecule has 0 atom stereocenters. The number of hydrogen-bond donors (Lipinski definition) is 2. The lowest BCUT2D eigenvalue weighted by molar-refractivity contribution is -0.129. The number of nitrogens with zero attached hydrogens (tertiary/aromatic N) is 2. The molecule has 23 heavy (non-hydrogen) atoms. The monoisotopic (exact) mass is 351 g/mol. The van der Waals surface area contributed by atoms with Crippen LogP contribution in [0.2, 0.25) is 0 Å². The lowest BCUT2D eigenvalue weighted by Gasteiger charge is -2.00. The molecule has 2 rings (SSSR count). The molecule has 0 radical (unpaired) electrons. The van der Waals surface area contributed by atoms with E-state index >= 15 is 0 Å². The molecule has 8 heteroatoms. The van der Waals surface area contributed by atoms with E-state index in [4.69, 9.17) is 5.21 Å². The number of rotatable bonds is 9. The highest BCUT2D eigenvalue weighted by molar-refractivity contribution is 7.21. The second-order valence-corrected chi connectivity index (χ2v) is 6.72. The van der Waals surface area contributed by atoms with Gasteiger partial charge >= 0.3 is 0 Å². The zero-order valence-corrected chi connectivity index (χ0v) is 14.1. The number of aromatic nitrogens is 2. The summed E-state index contributed by atoms with van der Waals surface area (Å²) in [4.78, 5) is 32.6. The van der Waals surface area contributed by atoms with E-state index in [9.17, 15) is 9.59 Å². The average molecular weight is 351 g/mol. The minimum absolute atomic E-state index is 0.0226. The summed E-state index contributed by atoms with van der Waals surface area (Å²) in [6, 6.07) is 0. The van der Waals surface area contributed by atoms with Crippen molar-refractivity contribution in [1.82, 2.24) is 15.4 Å². The Labute approximate surface area is 141 Å². The molecule has 0 saturated carbocycles. The zero-order chi connectivity index (χ0) is 16.7. The number of carbonyl (C=O) groups is 2. The summed E-state index contributed by atoms with van der Waals surface area (Å²) in [5.74, 6) is -0.427. The van der Waals surface area contributed by atoms with Crippen molar-refractivity contribution >= 4 is 40.4 Å². The molecule has 6 nitrogen and oxygen atoms in total. The van der Waals surface area contributed by atoms with Crippen LogP contribution < -0.4 is 5.48 Å². The SMILES string of the molecule is C=Cc1sc(-c2nccs2)nc1C(=O)CCCCCC(=O)NO. The van der Waals surface area contributed by atoms with Gasteiger partial charge in [0.2, 0.25) is 5.91 Å². The van der Waals surface area contributed by atoms with E-state index in [-0.39, 0.29) is 12.2 Å². The van der Waals surface area contributed by atoms with Crippen molar-refractivity contribution in [1.29, 1.82) is 0 Å². The summed E-state index contributed by atoms with van der Waals surface area (Å²) >= 11 is 2.90. The van der Waals surface area contributed by atoms with Crippen LogP contribution in [0.15, 0.2) is 18.2 Å². The van der Waals surface area contributed by atoms with Crippen LogP contribution in [0.3, 0.4) is 0 Å². The molecule has 0 bridgehead atoms. The Morgan fingerprint density at radius 2 is 2.04 bits per heavy atom. The molecular weight excluding hydrogens is 334 g/mol. The number of ketones is 1. The number of carbonyl (C=O) groups excluding carboxylic acids is 2. The van der Waals surface area contributed by atoms with Crippen LogP contribution in [0.4, 0.5) is 0 Å². The number of amides is 1. The minimum atomic E-state index is -0.405. The summed E-state index contributed by atoms with van der Waals surface area (Å²) in [6.45, 7) is 3.74. The fraction of sp³-hybridized carbons (Fsp3) is 0.333. The van der Waals surface area contributed by atoms with Crippen LogP contribution in [-0.2, 0) is 4.79 Å². The third-order valence-electron chi connectivity index (χ3n) is 3.15. The van der Waals surface area contributed by atoms with Crippen LogP contribution in [0.5, 0.6) is 0 Å². The van der Waals surface area contributed by atoms with Crippen LogP contribution in [0.1, 0.15) is 47.5 Å². The largest absolute Gasteiger partial charge is 0.292 e. The standard InChI is InChI=1S/C15H17N3O3S2/c1-2-11-13(17-15(23-11)14-16-8-9-22-14)10(19)6-4-3-5-7-12(20)18-21/h2,8-9,21H,1,3-7H2,(H,18,20). The van der Waals surface area contributed by atoms with Gasteiger partial charge < -0.3 is 0 Å². The highest BCUT2D eigenvalue weighted by Crippen LogP contribution is 2.31. The zero-order valence-electron chi connectivity index (χ0n) is 12.4. The van der Waals surface area contributed by atoms with E-state index < -0.39 is 5.91 Å². The molecule has 122 valence electrons. The number of unbranched alkanes of at least 4 members (excludes halogenated alkanes) is 2. The maximum absolute atomic E-state index is 12.3. The maximum atomic E-state index is 12.3. The van der Waals surface area contributed by atoms with Crippen molar-refractivity contribution < 1.29 is 14.8 Å². The van der Waals surface area contributed by atoms with Crippen molar-refractivity contribution in [2.45, 2.75) is 32.1 Å². The fourth-order valence-corrected chi connectivity index (χ4v) is 3.63. The quantitative estimate of drug-likeness (QED) is 0.312. The van der Waals surface area contributed by atoms with Gasteiger partial charge in [0.15, 0.2) is 15.8 Å². The summed E-state index contributed by atoms with van der Waals surface area (Å²) in [5, 5.41) is 11.8. The molecular formula is C15H17N3O3S2. The molecule has 0 unspecified atom stereocenters. The lowest BCUT2D eigenvalue weighted by atomic mass is 10.1. The van der Waals surface area contributed by atoms with Gasteiger partial charge in [0.05, 0.1) is 4.88 Å². The van der Waals surface area contributed by atoms with E-state index in [0.717, 1.165) is 21.3 Å². The summed E-state index contributed by atoms with van der Waals surface area (Å²) < 4.78 is 0. The van der Waals surface area contributed by atoms with E-state index in [0.29, 0.717) is 25.0 Å². The third-order valence-corrected chi connectivity index (χ3v) is 5.12. The van der Waals surface area contributed by atoms with Gasteiger partial charge in [-0.15, -0.1) is 22.7 Å². The van der Waals surface area contributed by atoms with Crippen LogP contribution in [0.25, 0.3) is 16.1 Å². The minimum Gasteiger partial charge on any atom is -0.292 e. The Hall–Kier alpha value is -1.90. The van der Waals surface area contributed by atoms with Crippen molar-refractivity contribution in [2.75, 3.05) is 0 Å². The molecule has 2 N–H and O–H groups in total. The topological polar surface area (TPSA) is 92.2 Å². The molecule has 0 aliphatic rings. The smallest absolute Gasteiger partial charge is 0.243 e. The number of thiazole rings is 2. The maximum Gasteiger partial charge on any atom is 0.243 e. The normalized spacial score (nSPS) is 10.5. The summed E-state index contributed by atoms with van der Waals surface area (Å²) in [6.07, 6.45) is 6.04. The van der Waals surface area contributed by atoms with Gasteiger partial charge in [-0.05, 0) is 18.9 Å². The Morgan fingerprint density at radius 1 is 1.26 bits per heavy atom. The molecule has 2 aromatic heterocycles. The summed E-state index contributed by atoms with van der Waals surface area (Å²) in [7, 11) is 0. The van der Waals surface area contributed by atoms with Gasteiger partial charge in [-0.3, -0.25) is 14.8 Å². The lowest BCUT2D eigenvalue weighted by Crippen LogP contribution is -2.17. The van der Waals surface area contributed by atoms with Crippen molar-refractivity contribution in [2.24, 2.45) is 0 Å². The van der Waals surface area contributed by atoms with Gasteiger partial charge in [-0.2, -0.15) is 0 Å². The van der Waals surface area contributed by atoms with Crippen molar-refractivity contribution in [3.63, 3.8) is 0 Å². The first-order valence-corrected chi connectivity index (χ1v) is 8.84. The van der Waals surface area contributed by atoms with Gasteiger partial charge in [0.1, 0.15) is 5.69 Å². The molecule has 0 spiro atoms. The first kappa shape index (κ1) is 17.5. The Balaban J connectivity index is 1.91. The number of nitrogens with one attached hydrogen (secondary N) is 1. The molecule has 0 aliphatic heterocycles. The average Bonchev–Trinajstić information content (AvgIpc) is 3.22. The first-order valence-electron chi connectivity index (χ1n) is 7.15. The molecule has 0 aliphatic carbocycles. The van der Waals surface area contributed by atoms with E-state index in [1.54, 1.807) is 17.8 Å². The van der Waals surface area contributed by atoms with Gasteiger partial charge in [-0.1, -0.05) is 13.0 Å². The van der Waals surface area contributed by atoms with E-state index in [1.165, 1.54) is 22.7 Å². The summed E-state index contributed by atoms with van der Waals surface area (Å²) in [5.41, 5.74) is 2.04. The highest BCUT2D eigenvalue weighted by atomic mass is 32.1. The van der Waals surface area contributed by atoms with Crippen LogP contribution in [0, 0.1) is 0 Å². The molecule has 2 aromatic rings. The van der Waals surface area contributed by atoms with Crippen LogP contribution >= 0.6 is 22.7 Å². The highest BCUT2D eigenvalue weighted by Gasteiger charge is 2.18. The Bertz CT molecular complexity index is 680. The first-order chi connectivity index (χ1) is 11.2. The second-order valence-electron chi connectivity index (χ2n) is 4.79. The van der Waals surface area contributed by atoms with Gasteiger partial charge in [0, 0.05) is 24.4 Å². The predicted molar refractivity (Wildman–Crippen MR) is 90.7 cm³/mol. The van der Waals surface area contributed by atoms with Gasteiger partial charge in [0.25, 0.3) is 0 Å². The predicted octanol–water partition coefficient (Wildman–Crippen LogP) is 3.55. The number of hydrogen-bond acceptors (Lipinski definition) is 7. The Morgan fingerprint density at radius 3 is 2.70 bits per heavy atom. The van der Waals surface area contributed by atoms with E-state index in [2.05, 4.69) is 16.5 Å². The van der Waals surface area contributed by atoms with Gasteiger partial charge in [-0.25, -0.2) is 15.4 Å². The van der Waals surface area contributed by atoms with E-state index in [1.807, 2.05) is 5.38 Å². The molecule has 1 amide bonds. The second kappa shape index (κ2) is 8.66. The molecule has 0 fully saturated rings.